The molecular weight excluding hydrogens is 384 g/mol. The summed E-state index contributed by atoms with van der Waals surface area (Å²) in [5, 5.41) is 8.83. The molecule has 0 spiro atoms. The monoisotopic (exact) mass is 405 g/mol. The number of hydrogen-bond donors (Lipinski definition) is 2. The molecule has 2 aromatic rings. The first-order chi connectivity index (χ1) is 13.2. The molecule has 8 nitrogen and oxygen atoms in total. The van der Waals surface area contributed by atoms with E-state index in [2.05, 4.69) is 0 Å². The highest BCUT2D eigenvalue weighted by Crippen LogP contribution is 2.32. The quantitative estimate of drug-likeness (QED) is 0.571. The zero-order valence-electron chi connectivity index (χ0n) is 15.2. The van der Waals surface area contributed by atoms with Crippen LogP contribution in [-0.2, 0) is 14.6 Å². The van der Waals surface area contributed by atoms with Gasteiger partial charge in [-0.15, -0.1) is 0 Å². The third-order valence-corrected chi connectivity index (χ3v) is 6.69. The van der Waals surface area contributed by atoms with Crippen molar-refractivity contribution in [2.45, 2.75) is 12.3 Å². The van der Waals surface area contributed by atoms with Crippen molar-refractivity contribution >= 4 is 21.7 Å². The van der Waals surface area contributed by atoms with Crippen LogP contribution >= 0.6 is 0 Å². The van der Waals surface area contributed by atoms with Crippen molar-refractivity contribution in [3.8, 4) is 16.9 Å². The van der Waals surface area contributed by atoms with Crippen LogP contribution in [0.4, 0.5) is 0 Å². The summed E-state index contributed by atoms with van der Waals surface area (Å²) in [6.07, 6.45) is 0. The lowest BCUT2D eigenvalue weighted by molar-refractivity contribution is -1.03. The van der Waals surface area contributed by atoms with Crippen molar-refractivity contribution in [2.75, 3.05) is 18.9 Å². The van der Waals surface area contributed by atoms with E-state index < -0.39 is 44.0 Å². The summed E-state index contributed by atoms with van der Waals surface area (Å²) >= 11 is 0. The molecule has 2 amide bonds. The Kier molecular flexibility index (Phi) is 5.24. The number of nitrogens with zero attached hydrogens (tertiary/aromatic N) is 1. The molecule has 1 aliphatic rings. The van der Waals surface area contributed by atoms with E-state index in [1.807, 2.05) is 6.92 Å². The molecule has 1 heterocycles. The lowest BCUT2D eigenvalue weighted by Gasteiger charge is -2.26. The van der Waals surface area contributed by atoms with Crippen LogP contribution in [-0.4, -0.2) is 54.4 Å². The fourth-order valence-corrected chi connectivity index (χ4v) is 5.23. The number of carbonyl (C=O) groups excluding carboxylic acids is 2. The zero-order valence-corrected chi connectivity index (χ0v) is 16.1. The van der Waals surface area contributed by atoms with Crippen molar-refractivity contribution in [3.63, 3.8) is 0 Å². The number of ether oxygens (including phenoxy) is 1. The number of benzene rings is 2. The number of hydroxylamine groups is 3. The van der Waals surface area contributed by atoms with Crippen LogP contribution < -0.4 is 10.5 Å². The Hall–Kier alpha value is -2.75. The first-order valence-corrected chi connectivity index (χ1v) is 10.4. The van der Waals surface area contributed by atoms with Crippen LogP contribution in [0.2, 0.25) is 0 Å². The van der Waals surface area contributed by atoms with Crippen molar-refractivity contribution in [1.82, 2.24) is 0 Å². The van der Waals surface area contributed by atoms with Crippen molar-refractivity contribution < 1.29 is 32.6 Å². The smallest absolute Gasteiger partial charge is 0.380 e. The van der Waals surface area contributed by atoms with Gasteiger partial charge in [0.2, 0.25) is 9.84 Å². The fourth-order valence-electron chi connectivity index (χ4n) is 3.38. The summed E-state index contributed by atoms with van der Waals surface area (Å²) in [6.45, 7) is 1.94. The van der Waals surface area contributed by atoms with Crippen molar-refractivity contribution in [3.05, 3.63) is 54.1 Å². The SMILES string of the molecule is CCOc1ccc(-c2ccccc2C(=O)[N@@+]2(O)CCS(=O)(=O)C2C(N)=O)cc1. The summed E-state index contributed by atoms with van der Waals surface area (Å²) in [6, 6.07) is 13.5. The van der Waals surface area contributed by atoms with E-state index in [1.54, 1.807) is 42.5 Å². The Morgan fingerprint density at radius 3 is 2.43 bits per heavy atom. The maximum absolute atomic E-state index is 13.2. The molecule has 0 aromatic heterocycles. The fraction of sp³-hybridized carbons (Fsp3) is 0.263. The van der Waals surface area contributed by atoms with Gasteiger partial charge in [-0.25, -0.2) is 18.4 Å². The van der Waals surface area contributed by atoms with E-state index in [9.17, 15) is 23.2 Å². The molecule has 0 radical (unpaired) electrons. The van der Waals surface area contributed by atoms with Crippen LogP contribution in [0.15, 0.2) is 48.5 Å². The Bertz CT molecular complexity index is 1020. The van der Waals surface area contributed by atoms with Gasteiger partial charge in [0.05, 0.1) is 12.2 Å². The van der Waals surface area contributed by atoms with Gasteiger partial charge in [0.1, 0.15) is 18.0 Å². The van der Waals surface area contributed by atoms with Gasteiger partial charge >= 0.3 is 11.3 Å². The normalized spacial score (nSPS) is 23.3. The minimum atomic E-state index is -4.03. The van der Waals surface area contributed by atoms with Gasteiger partial charge in [0.25, 0.3) is 5.91 Å². The molecule has 1 unspecified atom stereocenters. The number of hydrogen-bond acceptors (Lipinski definition) is 6. The number of nitrogens with two attached hydrogens (primary N) is 1. The Morgan fingerprint density at radius 2 is 1.82 bits per heavy atom. The molecule has 1 aliphatic heterocycles. The van der Waals surface area contributed by atoms with Crippen LogP contribution in [0.25, 0.3) is 11.1 Å². The Morgan fingerprint density at radius 1 is 1.18 bits per heavy atom. The minimum Gasteiger partial charge on any atom is -0.494 e. The third kappa shape index (κ3) is 3.39. The topological polar surface area (TPSA) is 124 Å². The predicted octanol–water partition coefficient (Wildman–Crippen LogP) is 1.34. The molecule has 1 fully saturated rings. The maximum Gasteiger partial charge on any atom is 0.380 e. The van der Waals surface area contributed by atoms with Crippen molar-refractivity contribution in [2.24, 2.45) is 5.73 Å². The predicted molar refractivity (Wildman–Crippen MR) is 101 cm³/mol. The van der Waals surface area contributed by atoms with E-state index >= 15 is 0 Å². The molecular formula is C19H21N2O6S+. The third-order valence-electron chi connectivity index (χ3n) is 4.67. The number of rotatable bonds is 5. The summed E-state index contributed by atoms with van der Waals surface area (Å²) in [7, 11) is -4.03. The minimum absolute atomic E-state index is 0.0949. The average Bonchev–Trinajstić information content (AvgIpc) is 2.92. The van der Waals surface area contributed by atoms with Crippen LogP contribution in [0, 0.1) is 0 Å². The second-order valence-corrected chi connectivity index (χ2v) is 8.66. The van der Waals surface area contributed by atoms with E-state index in [-0.39, 0.29) is 5.56 Å². The molecule has 3 rings (SSSR count). The number of sulfone groups is 1. The zero-order chi connectivity index (χ0) is 20.5. The van der Waals surface area contributed by atoms with Crippen LogP contribution in [0.1, 0.15) is 17.3 Å². The molecule has 2 atom stereocenters. The number of amides is 2. The Labute approximate surface area is 162 Å². The van der Waals surface area contributed by atoms with Gasteiger partial charge in [-0.2, -0.15) is 0 Å². The van der Waals surface area contributed by atoms with Crippen LogP contribution in [0.3, 0.4) is 0 Å². The van der Waals surface area contributed by atoms with E-state index in [0.717, 1.165) is 0 Å². The average molecular weight is 405 g/mol. The number of quaternary nitrogens is 1. The molecule has 0 bridgehead atoms. The highest BCUT2D eigenvalue weighted by atomic mass is 32.2. The standard InChI is InChI=1S/C19H20N2O6S/c1-2-27-14-9-7-13(8-10-14)15-5-3-4-6-16(15)18(23)21(24)11-12-28(25,26)19(21)17(20)22/h3-10,19,24H,2,11-12H2,1H3,(H-,20,22)/p+1/t19?,21-/m0/s1. The second-order valence-electron chi connectivity index (χ2n) is 6.48. The molecule has 28 heavy (non-hydrogen) atoms. The van der Waals surface area contributed by atoms with Gasteiger partial charge < -0.3 is 10.5 Å². The van der Waals surface area contributed by atoms with Crippen molar-refractivity contribution in [1.29, 1.82) is 0 Å². The van der Waals surface area contributed by atoms with Crippen LogP contribution in [0.5, 0.6) is 5.75 Å². The van der Waals surface area contributed by atoms with Gasteiger partial charge in [-0.3, -0.25) is 4.79 Å². The number of carbonyl (C=O) groups is 2. The highest BCUT2D eigenvalue weighted by Gasteiger charge is 2.61. The lowest BCUT2D eigenvalue weighted by Crippen LogP contribution is -2.59. The first-order valence-electron chi connectivity index (χ1n) is 8.69. The Balaban J connectivity index is 2.05. The highest BCUT2D eigenvalue weighted by molar-refractivity contribution is 7.92. The molecule has 0 saturated carbocycles. The summed E-state index contributed by atoms with van der Waals surface area (Å²) in [5.41, 5.74) is 6.47. The first kappa shape index (κ1) is 20.0. The largest absolute Gasteiger partial charge is 0.494 e. The van der Waals surface area contributed by atoms with Gasteiger partial charge in [-0.1, -0.05) is 35.0 Å². The van der Waals surface area contributed by atoms with Gasteiger partial charge in [0.15, 0.2) is 0 Å². The molecule has 1 saturated heterocycles. The van der Waals surface area contributed by atoms with E-state index in [1.165, 1.54) is 6.07 Å². The summed E-state index contributed by atoms with van der Waals surface area (Å²) < 4.78 is 28.2. The second kappa shape index (κ2) is 7.34. The number of primary amides is 1. The molecule has 3 N–H and O–H groups in total. The molecule has 2 aromatic carbocycles. The maximum atomic E-state index is 13.2. The molecule has 9 heteroatoms. The molecule has 148 valence electrons. The lowest BCUT2D eigenvalue weighted by atomic mass is 9.98. The summed E-state index contributed by atoms with van der Waals surface area (Å²) in [5.74, 6) is -1.99. The van der Waals surface area contributed by atoms with Gasteiger partial charge in [0, 0.05) is 0 Å². The van der Waals surface area contributed by atoms with Gasteiger partial charge in [-0.05, 0) is 36.2 Å². The van der Waals surface area contributed by atoms with E-state index in [4.69, 9.17) is 10.5 Å². The molecule has 0 aliphatic carbocycles. The van der Waals surface area contributed by atoms with E-state index in [0.29, 0.717) is 23.5 Å². The summed E-state index contributed by atoms with van der Waals surface area (Å²) in [4.78, 5) is 24.9.